The predicted octanol–water partition coefficient (Wildman–Crippen LogP) is 5.52. The van der Waals surface area contributed by atoms with Crippen LogP contribution in [0.2, 0.25) is 0 Å². The van der Waals surface area contributed by atoms with Crippen LogP contribution < -0.4 is 0 Å². The molecule has 0 aromatic rings. The Morgan fingerprint density at radius 2 is 1.52 bits per heavy atom. The molecule has 14 aliphatic rings. The minimum absolute atomic E-state index is 0.903. The van der Waals surface area contributed by atoms with E-state index in [9.17, 15) is 0 Å². The molecule has 0 N–H and O–H groups in total. The van der Waals surface area contributed by atoms with Crippen molar-refractivity contribution >= 4 is 0 Å². The van der Waals surface area contributed by atoms with Crippen LogP contribution in [0.25, 0.3) is 0 Å². The Balaban J connectivity index is 1.31. The van der Waals surface area contributed by atoms with E-state index in [-0.39, 0.29) is 0 Å². The summed E-state index contributed by atoms with van der Waals surface area (Å²) in [7, 11) is 0. The van der Waals surface area contributed by atoms with Gasteiger partial charge < -0.3 is 0 Å². The van der Waals surface area contributed by atoms with Crippen LogP contribution in [0.4, 0.5) is 0 Å². The van der Waals surface area contributed by atoms with E-state index in [1.807, 2.05) is 0 Å². The third-order valence-electron chi connectivity index (χ3n) is 17.1. The summed E-state index contributed by atoms with van der Waals surface area (Å²) in [5, 5.41) is 0. The highest BCUT2D eigenvalue weighted by molar-refractivity contribution is 5.65. The lowest BCUT2D eigenvalue weighted by molar-refractivity contribution is -0.713. The molecule has 14 fully saturated rings. The first-order valence-corrected chi connectivity index (χ1v) is 13.3. The Labute approximate surface area is 162 Å². The van der Waals surface area contributed by atoms with E-state index < -0.39 is 0 Å². The third-order valence-corrected chi connectivity index (χ3v) is 17.1. The van der Waals surface area contributed by atoms with E-state index in [1.54, 1.807) is 70.6 Å². The monoisotopic (exact) mass is 356 g/mol. The molecule has 0 heterocycles. The molecular weight excluding hydrogens is 324 g/mol. The summed E-state index contributed by atoms with van der Waals surface area (Å²) < 4.78 is 0. The smallest absolute Gasteiger partial charge is 0.00662 e. The molecule has 0 amide bonds. The molecule has 0 aromatic heterocycles. The Kier molecular flexibility index (Phi) is 1.28. The van der Waals surface area contributed by atoms with E-state index in [0.717, 1.165) is 32.5 Å². The van der Waals surface area contributed by atoms with Crippen LogP contribution in [-0.2, 0) is 0 Å². The fourth-order valence-corrected chi connectivity index (χ4v) is 19.1. The van der Waals surface area contributed by atoms with E-state index >= 15 is 0 Å². The highest BCUT2D eigenvalue weighted by Gasteiger charge is 3.19. The predicted molar refractivity (Wildman–Crippen MR) is 100 cm³/mol. The Morgan fingerprint density at radius 1 is 0.593 bits per heavy atom. The molecule has 0 aliphatic heterocycles. The van der Waals surface area contributed by atoms with Crippen molar-refractivity contribution in [1.29, 1.82) is 0 Å². The van der Waals surface area contributed by atoms with E-state index in [2.05, 4.69) is 0 Å². The fraction of sp³-hybridized carbons (Fsp3) is 1.00. The molecule has 6 spiro atoms. The Bertz CT molecular complexity index is 961. The average molecular weight is 357 g/mol. The number of fused-ring (bicyclic) bond motifs is 8. The fourth-order valence-electron chi connectivity index (χ4n) is 19.1. The maximum absolute atomic E-state index is 1.79. The van der Waals surface area contributed by atoms with Gasteiger partial charge in [-0.15, -0.1) is 0 Å². The molecular formula is C27H32. The molecule has 0 radical (unpaired) electrons. The van der Waals surface area contributed by atoms with Crippen LogP contribution in [0.1, 0.15) is 70.6 Å². The molecule has 14 aliphatic carbocycles. The molecule has 7 bridgehead atoms. The van der Waals surface area contributed by atoms with E-state index in [0.29, 0.717) is 0 Å². The van der Waals surface area contributed by atoms with Crippen molar-refractivity contribution in [2.75, 3.05) is 0 Å². The lowest BCUT2D eigenvalue weighted by atomic mass is 8.86. The quantitative estimate of drug-likeness (QED) is 0.536. The van der Waals surface area contributed by atoms with Gasteiger partial charge in [-0.25, -0.2) is 0 Å². The summed E-state index contributed by atoms with van der Waals surface area (Å²) in [6.45, 7) is 0. The van der Waals surface area contributed by atoms with Gasteiger partial charge in [-0.05, 0) is 149 Å². The zero-order chi connectivity index (χ0) is 16.6. The van der Waals surface area contributed by atoms with E-state index in [4.69, 9.17) is 0 Å². The zero-order valence-electron chi connectivity index (χ0n) is 16.6. The van der Waals surface area contributed by atoms with Crippen molar-refractivity contribution in [3.8, 4) is 0 Å². The van der Waals surface area contributed by atoms with Crippen LogP contribution in [0.3, 0.4) is 0 Å². The van der Waals surface area contributed by atoms with Crippen molar-refractivity contribution in [3.63, 3.8) is 0 Å². The topological polar surface area (TPSA) is 0 Å². The zero-order valence-corrected chi connectivity index (χ0v) is 16.6. The molecule has 16 unspecified atom stereocenters. The molecule has 0 saturated heterocycles. The molecule has 14 rings (SSSR count). The van der Waals surface area contributed by atoms with Gasteiger partial charge in [0, 0.05) is 0 Å². The van der Waals surface area contributed by atoms with Gasteiger partial charge in [0.2, 0.25) is 0 Å². The lowest BCUT2D eigenvalue weighted by Crippen LogP contribution is -3.14. The Morgan fingerprint density at radius 3 is 2.52 bits per heavy atom. The lowest BCUT2D eigenvalue weighted by Gasteiger charge is -3.17. The van der Waals surface area contributed by atoms with Crippen LogP contribution in [-0.4, -0.2) is 0 Å². The summed E-state index contributed by atoms with van der Waals surface area (Å²) in [5.74, 6) is 12.6. The summed E-state index contributed by atoms with van der Waals surface area (Å²) in [6, 6.07) is 0. The molecule has 16 atom stereocenters. The van der Waals surface area contributed by atoms with Crippen LogP contribution >= 0.6 is 0 Å². The number of rotatable bonds is 0. The van der Waals surface area contributed by atoms with Crippen LogP contribution in [0.15, 0.2) is 0 Å². The normalized spacial score (nSPS) is 92.4. The molecule has 14 saturated carbocycles. The highest BCUT2D eigenvalue weighted by Crippen LogP contribution is 3.23. The van der Waals surface area contributed by atoms with Crippen molar-refractivity contribution in [2.45, 2.75) is 70.6 Å². The van der Waals surface area contributed by atoms with Crippen LogP contribution in [0, 0.1) is 91.7 Å². The molecule has 0 aromatic carbocycles. The first-order chi connectivity index (χ1) is 13.3. The minimum atomic E-state index is 0.903. The number of hydrogen-bond acceptors (Lipinski definition) is 0. The van der Waals surface area contributed by atoms with Gasteiger partial charge in [0.1, 0.15) is 0 Å². The standard InChI is InChI=1S/C27H32/c1-2-12-4-5-22-6-7-23-15(14(22)3-1)9-18(23)21-13-8-16-17-10-19-20(12)26(22)25(17,19)24(16,11-13)27(21,23)26/h12-21H,1-11H2. The summed E-state index contributed by atoms with van der Waals surface area (Å²) >= 11 is 0. The first-order valence-electron chi connectivity index (χ1n) is 13.3. The summed E-state index contributed by atoms with van der Waals surface area (Å²) in [4.78, 5) is 0. The van der Waals surface area contributed by atoms with Gasteiger partial charge in [-0.3, -0.25) is 0 Å². The van der Waals surface area contributed by atoms with Crippen LogP contribution in [0.5, 0.6) is 0 Å². The molecule has 0 heteroatoms. The minimum Gasteiger partial charge on any atom is -0.0527 e. The molecule has 0 nitrogen and oxygen atoms in total. The van der Waals surface area contributed by atoms with Crippen molar-refractivity contribution in [2.24, 2.45) is 91.7 Å². The second-order valence-electron chi connectivity index (χ2n) is 14.7. The van der Waals surface area contributed by atoms with Gasteiger partial charge >= 0.3 is 0 Å². The van der Waals surface area contributed by atoms with Gasteiger partial charge in [0.25, 0.3) is 0 Å². The average Bonchev–Trinajstić information content (AvgIpc) is 3.02. The summed E-state index contributed by atoms with van der Waals surface area (Å²) in [5.41, 5.74) is 5.85. The second-order valence-corrected chi connectivity index (χ2v) is 14.7. The van der Waals surface area contributed by atoms with E-state index in [1.165, 1.54) is 59.2 Å². The highest BCUT2D eigenvalue weighted by atomic mass is 15.2. The third kappa shape index (κ3) is 0.571. The first kappa shape index (κ1) is 12.6. The molecule has 140 valence electrons. The SMILES string of the molecule is C1CC2CCC34CCC56C(CC5C5C7CC8C9CC%10C2C32C9%10C8(C7)C562)C4C1. The summed E-state index contributed by atoms with van der Waals surface area (Å²) in [6.07, 6.45) is 18.9. The maximum Gasteiger partial charge on any atom is -0.00662 e. The molecule has 27 heavy (non-hydrogen) atoms. The van der Waals surface area contributed by atoms with Gasteiger partial charge in [-0.2, -0.15) is 0 Å². The van der Waals surface area contributed by atoms with Gasteiger partial charge in [0.05, 0.1) is 0 Å². The largest absolute Gasteiger partial charge is 0.0527 e. The van der Waals surface area contributed by atoms with Crippen molar-refractivity contribution in [1.82, 2.24) is 0 Å². The second kappa shape index (κ2) is 2.74. The Hall–Kier alpha value is 0. The van der Waals surface area contributed by atoms with Crippen molar-refractivity contribution < 1.29 is 0 Å². The van der Waals surface area contributed by atoms with Crippen molar-refractivity contribution in [3.05, 3.63) is 0 Å². The number of hydrogen-bond donors (Lipinski definition) is 0. The van der Waals surface area contributed by atoms with Gasteiger partial charge in [-0.1, -0.05) is 12.8 Å². The maximum atomic E-state index is 1.79. The van der Waals surface area contributed by atoms with Gasteiger partial charge in [0.15, 0.2) is 0 Å².